The van der Waals surface area contributed by atoms with Crippen molar-refractivity contribution in [2.45, 2.75) is 38.3 Å². The van der Waals surface area contributed by atoms with Gasteiger partial charge in [-0.25, -0.2) is 10.1 Å². The Morgan fingerprint density at radius 1 is 1.40 bits per heavy atom. The summed E-state index contributed by atoms with van der Waals surface area (Å²) in [5, 5.41) is 13.7. The second kappa shape index (κ2) is 6.89. The summed E-state index contributed by atoms with van der Waals surface area (Å²) in [5.74, 6) is 0.897. The van der Waals surface area contributed by atoms with Crippen LogP contribution in [-0.2, 0) is 4.74 Å². The third-order valence-electron chi connectivity index (χ3n) is 4.92. The second-order valence-corrected chi connectivity index (χ2v) is 6.44. The van der Waals surface area contributed by atoms with Crippen LogP contribution in [0.5, 0.6) is 0 Å². The van der Waals surface area contributed by atoms with Crippen LogP contribution in [0.4, 0.5) is 0 Å². The molecule has 0 spiro atoms. The first-order valence-corrected chi connectivity index (χ1v) is 8.63. The van der Waals surface area contributed by atoms with Gasteiger partial charge in [-0.15, -0.1) is 5.10 Å². The van der Waals surface area contributed by atoms with Gasteiger partial charge in [0, 0.05) is 38.4 Å². The normalized spacial score (nSPS) is 21.9. The SMILES string of the molecule is Cc1nc(C(=O)NCC2CCN2C2CCOCC2)nn1-c1ncn[nH]1. The highest BCUT2D eigenvalue weighted by Gasteiger charge is 2.34. The number of aryl methyl sites for hydroxylation is 1. The van der Waals surface area contributed by atoms with Gasteiger partial charge in [0.25, 0.3) is 5.91 Å². The molecule has 2 aliphatic heterocycles. The molecule has 0 radical (unpaired) electrons. The van der Waals surface area contributed by atoms with Crippen molar-refractivity contribution in [1.82, 2.24) is 40.2 Å². The molecule has 1 unspecified atom stereocenters. The molecular weight excluding hydrogens is 324 g/mol. The fourth-order valence-corrected chi connectivity index (χ4v) is 3.46. The summed E-state index contributed by atoms with van der Waals surface area (Å²) in [6.45, 7) is 5.16. The Morgan fingerprint density at radius 3 is 2.92 bits per heavy atom. The van der Waals surface area contributed by atoms with Gasteiger partial charge in [0.15, 0.2) is 0 Å². The third kappa shape index (κ3) is 3.27. The molecule has 0 aliphatic carbocycles. The van der Waals surface area contributed by atoms with Crippen LogP contribution in [0.2, 0.25) is 0 Å². The summed E-state index contributed by atoms with van der Waals surface area (Å²) in [6.07, 6.45) is 4.65. The highest BCUT2D eigenvalue weighted by molar-refractivity contribution is 5.90. The lowest BCUT2D eigenvalue weighted by Gasteiger charge is -2.47. The zero-order valence-electron chi connectivity index (χ0n) is 14.2. The van der Waals surface area contributed by atoms with Crippen LogP contribution < -0.4 is 5.32 Å². The van der Waals surface area contributed by atoms with E-state index in [1.54, 1.807) is 6.92 Å². The van der Waals surface area contributed by atoms with E-state index in [9.17, 15) is 4.79 Å². The van der Waals surface area contributed by atoms with E-state index in [-0.39, 0.29) is 11.7 Å². The molecule has 2 N–H and O–H groups in total. The maximum Gasteiger partial charge on any atom is 0.291 e. The zero-order valence-corrected chi connectivity index (χ0v) is 14.2. The number of likely N-dealkylation sites (tertiary alicyclic amines) is 1. The molecule has 0 aromatic carbocycles. The molecule has 25 heavy (non-hydrogen) atoms. The second-order valence-electron chi connectivity index (χ2n) is 6.44. The Balaban J connectivity index is 1.34. The fourth-order valence-electron chi connectivity index (χ4n) is 3.46. The molecule has 2 aliphatic rings. The maximum absolute atomic E-state index is 12.4. The first-order chi connectivity index (χ1) is 12.2. The number of rotatable bonds is 5. The topological polar surface area (TPSA) is 114 Å². The number of ether oxygens (including phenoxy) is 1. The monoisotopic (exact) mass is 346 g/mol. The predicted octanol–water partition coefficient (Wildman–Crippen LogP) is -0.323. The Hall–Kier alpha value is -2.33. The fraction of sp³-hybridized carbons (Fsp3) is 0.667. The molecule has 134 valence electrons. The number of carbonyl (C=O) groups excluding carboxylic acids is 1. The van der Waals surface area contributed by atoms with Crippen molar-refractivity contribution in [3.8, 4) is 5.95 Å². The maximum atomic E-state index is 12.4. The molecule has 2 aromatic rings. The molecule has 2 fully saturated rings. The highest BCUT2D eigenvalue weighted by atomic mass is 16.5. The van der Waals surface area contributed by atoms with Crippen LogP contribution in [-0.4, -0.2) is 79.1 Å². The summed E-state index contributed by atoms with van der Waals surface area (Å²) in [4.78, 5) is 23.1. The molecule has 10 heteroatoms. The van der Waals surface area contributed by atoms with E-state index in [0.29, 0.717) is 30.4 Å². The zero-order chi connectivity index (χ0) is 17.2. The van der Waals surface area contributed by atoms with E-state index in [0.717, 1.165) is 39.0 Å². The largest absolute Gasteiger partial charge is 0.381 e. The molecule has 2 aromatic heterocycles. The van der Waals surface area contributed by atoms with Crippen LogP contribution in [0.25, 0.3) is 5.95 Å². The number of nitrogens with zero attached hydrogens (tertiary/aromatic N) is 6. The van der Waals surface area contributed by atoms with E-state index in [1.165, 1.54) is 11.0 Å². The van der Waals surface area contributed by atoms with Gasteiger partial charge in [-0.3, -0.25) is 9.69 Å². The lowest BCUT2D eigenvalue weighted by Crippen LogP contribution is -2.58. The van der Waals surface area contributed by atoms with Crippen molar-refractivity contribution in [3.05, 3.63) is 18.0 Å². The lowest BCUT2D eigenvalue weighted by molar-refractivity contribution is -0.0222. The number of amides is 1. The van der Waals surface area contributed by atoms with Crippen molar-refractivity contribution in [3.63, 3.8) is 0 Å². The number of aromatic nitrogens is 6. The Labute approximate surface area is 145 Å². The number of hydrogen-bond acceptors (Lipinski definition) is 7. The number of H-pyrrole nitrogens is 1. The number of aromatic amines is 1. The van der Waals surface area contributed by atoms with E-state index in [4.69, 9.17) is 4.74 Å². The minimum Gasteiger partial charge on any atom is -0.381 e. The van der Waals surface area contributed by atoms with E-state index in [1.807, 2.05) is 0 Å². The number of nitrogens with one attached hydrogen (secondary N) is 2. The summed E-state index contributed by atoms with van der Waals surface area (Å²) < 4.78 is 6.90. The van der Waals surface area contributed by atoms with E-state index >= 15 is 0 Å². The molecule has 1 atom stereocenters. The Morgan fingerprint density at radius 2 is 2.24 bits per heavy atom. The number of carbonyl (C=O) groups is 1. The summed E-state index contributed by atoms with van der Waals surface area (Å²) in [6, 6.07) is 0.972. The minimum absolute atomic E-state index is 0.144. The molecule has 0 saturated carbocycles. The van der Waals surface area contributed by atoms with Crippen molar-refractivity contribution in [1.29, 1.82) is 0 Å². The summed E-state index contributed by atoms with van der Waals surface area (Å²) in [5.41, 5.74) is 0. The molecule has 10 nitrogen and oxygen atoms in total. The summed E-state index contributed by atoms with van der Waals surface area (Å²) in [7, 11) is 0. The van der Waals surface area contributed by atoms with Crippen LogP contribution in [0.1, 0.15) is 35.7 Å². The van der Waals surface area contributed by atoms with Gasteiger partial charge >= 0.3 is 0 Å². The number of hydrogen-bond donors (Lipinski definition) is 2. The van der Waals surface area contributed by atoms with Crippen LogP contribution in [0.3, 0.4) is 0 Å². The molecular formula is C15H22N8O2. The van der Waals surface area contributed by atoms with Crippen LogP contribution in [0.15, 0.2) is 6.33 Å². The first kappa shape index (κ1) is 16.2. The van der Waals surface area contributed by atoms with Gasteiger partial charge in [0.1, 0.15) is 12.2 Å². The van der Waals surface area contributed by atoms with Gasteiger partial charge < -0.3 is 10.1 Å². The molecule has 2 saturated heterocycles. The van der Waals surface area contributed by atoms with Crippen molar-refractivity contribution in [2.24, 2.45) is 0 Å². The smallest absolute Gasteiger partial charge is 0.291 e. The molecule has 4 heterocycles. The highest BCUT2D eigenvalue weighted by Crippen LogP contribution is 2.25. The average molecular weight is 346 g/mol. The van der Waals surface area contributed by atoms with E-state index < -0.39 is 0 Å². The van der Waals surface area contributed by atoms with Gasteiger partial charge in [0.2, 0.25) is 11.8 Å². The molecule has 0 bridgehead atoms. The average Bonchev–Trinajstić information content (AvgIpc) is 3.24. The standard InChI is InChI=1S/C15H22N8O2/c1-10-19-13(21-23(10)15-17-9-18-20-15)14(24)16-8-12-2-5-22(12)11-3-6-25-7-4-11/h9,11-12H,2-8H2,1H3,(H,16,24)(H,17,18,20). The van der Waals surface area contributed by atoms with Crippen molar-refractivity contribution in [2.75, 3.05) is 26.3 Å². The lowest BCUT2D eigenvalue weighted by atomic mass is 9.95. The molecule has 1 amide bonds. The first-order valence-electron chi connectivity index (χ1n) is 8.63. The van der Waals surface area contributed by atoms with Crippen LogP contribution in [0, 0.1) is 6.92 Å². The quantitative estimate of drug-likeness (QED) is 0.762. The predicted molar refractivity (Wildman–Crippen MR) is 87.3 cm³/mol. The van der Waals surface area contributed by atoms with Gasteiger partial charge in [-0.05, 0) is 26.2 Å². The summed E-state index contributed by atoms with van der Waals surface area (Å²) >= 11 is 0. The minimum atomic E-state index is -0.264. The third-order valence-corrected chi connectivity index (χ3v) is 4.92. The molecule has 4 rings (SSSR count). The van der Waals surface area contributed by atoms with E-state index in [2.05, 4.69) is 35.5 Å². The van der Waals surface area contributed by atoms with Gasteiger partial charge in [-0.1, -0.05) is 0 Å². The van der Waals surface area contributed by atoms with Gasteiger partial charge in [-0.2, -0.15) is 14.8 Å². The van der Waals surface area contributed by atoms with Crippen molar-refractivity contribution >= 4 is 5.91 Å². The Bertz CT molecular complexity index is 722. The Kier molecular flexibility index (Phi) is 4.45. The van der Waals surface area contributed by atoms with Crippen molar-refractivity contribution < 1.29 is 9.53 Å². The van der Waals surface area contributed by atoms with Gasteiger partial charge in [0.05, 0.1) is 0 Å². The van der Waals surface area contributed by atoms with Crippen LogP contribution >= 0.6 is 0 Å².